The lowest BCUT2D eigenvalue weighted by molar-refractivity contribution is -0.138. The van der Waals surface area contributed by atoms with E-state index in [2.05, 4.69) is 0 Å². The predicted octanol–water partition coefficient (Wildman–Crippen LogP) is 1.83. The predicted molar refractivity (Wildman–Crippen MR) is 99.5 cm³/mol. The number of nitrogens with zero attached hydrogens (tertiary/aromatic N) is 2. The highest BCUT2D eigenvalue weighted by atomic mass is 16.4. The Labute approximate surface area is 147 Å². The first kappa shape index (κ1) is 18.5. The maximum atomic E-state index is 12.6. The van der Waals surface area contributed by atoms with E-state index < -0.39 is 12.0 Å². The van der Waals surface area contributed by atoms with E-state index in [0.29, 0.717) is 11.1 Å². The molecule has 3 N–H and O–H groups in total. The van der Waals surface area contributed by atoms with Crippen LogP contribution in [0.2, 0.25) is 0 Å². The number of benzene rings is 2. The van der Waals surface area contributed by atoms with Gasteiger partial charge in [0.1, 0.15) is 6.04 Å². The second-order valence-electron chi connectivity index (χ2n) is 6.14. The Morgan fingerprint density at radius 1 is 0.920 bits per heavy atom. The quantitative estimate of drug-likeness (QED) is 0.747. The second-order valence-corrected chi connectivity index (χ2v) is 6.14. The largest absolute Gasteiger partial charge is 0.480 e. The third-order valence-electron chi connectivity index (χ3n) is 4.00. The van der Waals surface area contributed by atoms with E-state index in [-0.39, 0.29) is 12.3 Å². The molecule has 0 radical (unpaired) electrons. The summed E-state index contributed by atoms with van der Waals surface area (Å²) in [6, 6.07) is 13.5. The summed E-state index contributed by atoms with van der Waals surface area (Å²) >= 11 is 0. The minimum absolute atomic E-state index is 0.0539. The maximum Gasteiger partial charge on any atom is 0.322 e. The molecule has 0 bridgehead atoms. The first-order valence-electron chi connectivity index (χ1n) is 7.91. The van der Waals surface area contributed by atoms with Gasteiger partial charge in [0.25, 0.3) is 0 Å². The van der Waals surface area contributed by atoms with Crippen LogP contribution < -0.4 is 15.5 Å². The molecule has 1 unspecified atom stereocenters. The van der Waals surface area contributed by atoms with Crippen LogP contribution in [-0.2, 0) is 4.79 Å². The highest BCUT2D eigenvalue weighted by molar-refractivity contribution is 6.09. The van der Waals surface area contributed by atoms with Crippen LogP contribution in [0, 0.1) is 0 Å². The minimum atomic E-state index is -1.04. The van der Waals surface area contributed by atoms with Crippen molar-refractivity contribution in [3.63, 3.8) is 0 Å². The lowest BCUT2D eigenvalue weighted by Gasteiger charge is -2.21. The van der Waals surface area contributed by atoms with Gasteiger partial charge in [-0.05, 0) is 48.5 Å². The van der Waals surface area contributed by atoms with Crippen molar-refractivity contribution in [2.75, 3.05) is 37.5 Å². The number of likely N-dealkylation sites (N-methyl/N-ethyl adjacent to an activating group) is 1. The molecule has 0 aliphatic rings. The molecule has 0 spiro atoms. The smallest absolute Gasteiger partial charge is 0.322 e. The lowest BCUT2D eigenvalue weighted by atomic mass is 10.0. The van der Waals surface area contributed by atoms with E-state index in [4.69, 9.17) is 10.8 Å². The Kier molecular flexibility index (Phi) is 5.77. The van der Waals surface area contributed by atoms with E-state index >= 15 is 0 Å². The molecule has 0 aromatic heterocycles. The summed E-state index contributed by atoms with van der Waals surface area (Å²) in [6.07, 6.45) is 0. The zero-order valence-corrected chi connectivity index (χ0v) is 14.6. The van der Waals surface area contributed by atoms with Gasteiger partial charge in [0, 0.05) is 50.2 Å². The minimum Gasteiger partial charge on any atom is -0.480 e. The SMILES string of the molecule is CN(C)c1ccc(C(=O)c2ccc(N(C)CC(N)C(=O)O)cc2)cc1. The molecule has 25 heavy (non-hydrogen) atoms. The highest BCUT2D eigenvalue weighted by Crippen LogP contribution is 2.18. The second kappa shape index (κ2) is 7.81. The number of anilines is 2. The Hall–Kier alpha value is -2.86. The van der Waals surface area contributed by atoms with Crippen LogP contribution in [0.1, 0.15) is 15.9 Å². The molecular weight excluding hydrogens is 318 g/mol. The average molecular weight is 341 g/mol. The molecule has 2 rings (SSSR count). The molecule has 2 aromatic rings. The highest BCUT2D eigenvalue weighted by Gasteiger charge is 2.15. The van der Waals surface area contributed by atoms with Gasteiger partial charge in [-0.2, -0.15) is 0 Å². The van der Waals surface area contributed by atoms with Gasteiger partial charge in [-0.3, -0.25) is 9.59 Å². The molecule has 6 heteroatoms. The molecular formula is C19H23N3O3. The first-order valence-corrected chi connectivity index (χ1v) is 7.91. The van der Waals surface area contributed by atoms with Crippen LogP contribution in [0.4, 0.5) is 11.4 Å². The van der Waals surface area contributed by atoms with Crippen molar-refractivity contribution < 1.29 is 14.7 Å². The molecule has 0 fully saturated rings. The van der Waals surface area contributed by atoms with Crippen LogP contribution in [0.5, 0.6) is 0 Å². The Balaban J connectivity index is 2.10. The number of carbonyl (C=O) groups excluding carboxylic acids is 1. The number of hydrogen-bond acceptors (Lipinski definition) is 5. The van der Waals surface area contributed by atoms with E-state index in [0.717, 1.165) is 11.4 Å². The normalized spacial score (nSPS) is 11.7. The van der Waals surface area contributed by atoms with Crippen LogP contribution in [0.15, 0.2) is 48.5 Å². The van der Waals surface area contributed by atoms with Gasteiger partial charge in [0.15, 0.2) is 5.78 Å². The summed E-state index contributed by atoms with van der Waals surface area (Å²) in [4.78, 5) is 27.1. The van der Waals surface area contributed by atoms with Crippen LogP contribution in [0.3, 0.4) is 0 Å². The first-order chi connectivity index (χ1) is 11.8. The molecule has 132 valence electrons. The van der Waals surface area contributed by atoms with Gasteiger partial charge in [0.05, 0.1) is 0 Å². The van der Waals surface area contributed by atoms with E-state index in [1.165, 1.54) is 0 Å². The van der Waals surface area contributed by atoms with Gasteiger partial charge in [-0.15, -0.1) is 0 Å². The van der Waals surface area contributed by atoms with Crippen molar-refractivity contribution in [1.29, 1.82) is 0 Å². The van der Waals surface area contributed by atoms with Crippen LogP contribution in [0.25, 0.3) is 0 Å². The standard InChI is InChI=1S/C19H23N3O3/c1-21(2)15-8-4-13(5-9-15)18(23)14-6-10-16(11-7-14)22(3)12-17(20)19(24)25/h4-11,17H,12,20H2,1-3H3,(H,24,25). The summed E-state index contributed by atoms with van der Waals surface area (Å²) in [7, 11) is 5.66. The summed E-state index contributed by atoms with van der Waals surface area (Å²) in [5.41, 5.74) is 8.58. The summed E-state index contributed by atoms with van der Waals surface area (Å²) < 4.78 is 0. The van der Waals surface area contributed by atoms with Crippen LogP contribution >= 0.6 is 0 Å². The number of ketones is 1. The molecule has 0 saturated heterocycles. The number of carboxylic acids is 1. The fraction of sp³-hybridized carbons (Fsp3) is 0.263. The van der Waals surface area contributed by atoms with Crippen molar-refractivity contribution in [2.45, 2.75) is 6.04 Å². The summed E-state index contributed by atoms with van der Waals surface area (Å²) in [6.45, 7) is 0.189. The molecule has 0 saturated carbocycles. The Morgan fingerprint density at radius 3 is 1.76 bits per heavy atom. The van der Waals surface area contributed by atoms with E-state index in [1.807, 2.05) is 43.3 Å². The molecule has 0 aliphatic carbocycles. The molecule has 0 amide bonds. The lowest BCUT2D eigenvalue weighted by Crippen LogP contribution is -2.41. The third-order valence-corrected chi connectivity index (χ3v) is 4.00. The van der Waals surface area contributed by atoms with Crippen molar-refractivity contribution in [3.05, 3.63) is 59.7 Å². The van der Waals surface area contributed by atoms with Gasteiger partial charge >= 0.3 is 5.97 Å². The monoisotopic (exact) mass is 341 g/mol. The fourth-order valence-electron chi connectivity index (χ4n) is 2.42. The van der Waals surface area contributed by atoms with Gasteiger partial charge in [-0.25, -0.2) is 0 Å². The number of hydrogen-bond donors (Lipinski definition) is 2. The molecule has 0 heterocycles. The number of nitrogens with two attached hydrogens (primary N) is 1. The van der Waals surface area contributed by atoms with E-state index in [1.54, 1.807) is 36.2 Å². The molecule has 0 aliphatic heterocycles. The van der Waals surface area contributed by atoms with Gasteiger partial charge in [0.2, 0.25) is 0 Å². The molecule has 6 nitrogen and oxygen atoms in total. The number of carbonyl (C=O) groups is 2. The summed E-state index contributed by atoms with van der Waals surface area (Å²) in [5, 5.41) is 8.88. The summed E-state index contributed by atoms with van der Waals surface area (Å²) in [5.74, 6) is -1.10. The maximum absolute atomic E-state index is 12.6. The Morgan fingerprint density at radius 2 is 1.36 bits per heavy atom. The van der Waals surface area contributed by atoms with Crippen molar-refractivity contribution >= 4 is 23.1 Å². The number of rotatable bonds is 7. The van der Waals surface area contributed by atoms with Crippen molar-refractivity contribution in [2.24, 2.45) is 5.73 Å². The van der Waals surface area contributed by atoms with E-state index in [9.17, 15) is 9.59 Å². The fourth-order valence-corrected chi connectivity index (χ4v) is 2.42. The van der Waals surface area contributed by atoms with Crippen molar-refractivity contribution in [3.8, 4) is 0 Å². The zero-order chi connectivity index (χ0) is 18.6. The topological polar surface area (TPSA) is 86.9 Å². The Bertz CT molecular complexity index is 740. The zero-order valence-electron chi connectivity index (χ0n) is 14.6. The van der Waals surface area contributed by atoms with Gasteiger partial charge in [-0.1, -0.05) is 0 Å². The van der Waals surface area contributed by atoms with Crippen LogP contribution in [-0.4, -0.2) is 50.6 Å². The molecule has 1 atom stereocenters. The third kappa shape index (κ3) is 4.58. The average Bonchev–Trinajstić information content (AvgIpc) is 2.61. The number of aliphatic carboxylic acids is 1. The van der Waals surface area contributed by atoms with Crippen molar-refractivity contribution in [1.82, 2.24) is 0 Å². The van der Waals surface area contributed by atoms with Gasteiger partial charge < -0.3 is 20.6 Å². The molecule has 2 aromatic carbocycles. The number of carboxylic acid groups (broad SMARTS) is 1.